The number of aromatic amines is 1. The minimum atomic E-state index is -0.216. The molecule has 0 aromatic carbocycles. The van der Waals surface area contributed by atoms with Crippen molar-refractivity contribution in [2.75, 3.05) is 13.1 Å². The number of nitrogens with zero attached hydrogens (tertiary/aromatic N) is 2. The first kappa shape index (κ1) is 14.0. The number of amides is 1. The van der Waals surface area contributed by atoms with Gasteiger partial charge in [0.1, 0.15) is 5.82 Å². The van der Waals surface area contributed by atoms with Crippen LogP contribution in [0.3, 0.4) is 0 Å². The second kappa shape index (κ2) is 7.23. The molecule has 6 heteroatoms. The number of hydrogen-bond acceptors (Lipinski definition) is 4. The molecule has 0 spiro atoms. The smallest absolute Gasteiger partial charge is 0.291 e. The van der Waals surface area contributed by atoms with Crippen molar-refractivity contribution >= 4 is 5.91 Å². The number of aryl methyl sites for hydroxylation is 1. The monoisotopic (exact) mass is 265 g/mol. The Balaban J connectivity index is 1.62. The van der Waals surface area contributed by atoms with Gasteiger partial charge in [-0.05, 0) is 19.8 Å². The molecule has 1 heterocycles. The molecular weight excluding hydrogens is 242 g/mol. The summed E-state index contributed by atoms with van der Waals surface area (Å²) in [5.74, 6) is 0.653. The van der Waals surface area contributed by atoms with Gasteiger partial charge in [0.2, 0.25) is 5.82 Å². The lowest BCUT2D eigenvalue weighted by Crippen LogP contribution is -2.37. The summed E-state index contributed by atoms with van der Waals surface area (Å²) in [6, 6.07) is 0.616. The summed E-state index contributed by atoms with van der Waals surface area (Å²) < 4.78 is 0. The van der Waals surface area contributed by atoms with E-state index in [-0.39, 0.29) is 11.7 Å². The van der Waals surface area contributed by atoms with Crippen molar-refractivity contribution in [2.24, 2.45) is 0 Å². The van der Waals surface area contributed by atoms with E-state index in [0.29, 0.717) is 18.4 Å². The molecule has 0 radical (unpaired) electrons. The largest absolute Gasteiger partial charge is 0.348 e. The third-order valence-corrected chi connectivity index (χ3v) is 3.50. The molecule has 1 aromatic heterocycles. The van der Waals surface area contributed by atoms with Gasteiger partial charge >= 0.3 is 0 Å². The molecule has 1 aliphatic rings. The minimum absolute atomic E-state index is 0.215. The molecule has 19 heavy (non-hydrogen) atoms. The summed E-state index contributed by atoms with van der Waals surface area (Å²) in [4.78, 5) is 15.7. The van der Waals surface area contributed by atoms with Gasteiger partial charge in [0.05, 0.1) is 0 Å². The highest BCUT2D eigenvalue weighted by molar-refractivity contribution is 5.90. The summed E-state index contributed by atoms with van der Waals surface area (Å²) in [7, 11) is 0. The van der Waals surface area contributed by atoms with Crippen molar-refractivity contribution in [2.45, 2.75) is 51.5 Å². The Morgan fingerprint density at radius 1 is 1.26 bits per heavy atom. The summed E-state index contributed by atoms with van der Waals surface area (Å²) in [6.07, 6.45) is 7.88. The van der Waals surface area contributed by atoms with E-state index in [4.69, 9.17) is 0 Å². The maximum absolute atomic E-state index is 11.7. The fourth-order valence-electron chi connectivity index (χ4n) is 2.46. The lowest BCUT2D eigenvalue weighted by Gasteiger charge is -2.15. The first-order valence-electron chi connectivity index (χ1n) is 7.16. The van der Waals surface area contributed by atoms with E-state index in [0.717, 1.165) is 6.54 Å². The summed E-state index contributed by atoms with van der Waals surface area (Å²) in [5.41, 5.74) is 0. The van der Waals surface area contributed by atoms with E-state index in [1.807, 2.05) is 0 Å². The van der Waals surface area contributed by atoms with Gasteiger partial charge in [-0.1, -0.05) is 25.7 Å². The number of aromatic nitrogens is 3. The van der Waals surface area contributed by atoms with Crippen molar-refractivity contribution in [3.8, 4) is 0 Å². The topological polar surface area (TPSA) is 82.7 Å². The predicted molar refractivity (Wildman–Crippen MR) is 72.9 cm³/mol. The van der Waals surface area contributed by atoms with E-state index in [1.165, 1.54) is 38.5 Å². The highest BCUT2D eigenvalue weighted by Gasteiger charge is 2.12. The molecule has 1 saturated carbocycles. The molecular formula is C13H23N5O. The average Bonchev–Trinajstić information content (AvgIpc) is 2.68. The Kier molecular flexibility index (Phi) is 5.32. The molecule has 1 aliphatic carbocycles. The Morgan fingerprint density at radius 3 is 2.63 bits per heavy atom. The lowest BCUT2D eigenvalue weighted by atomic mass is 10.1. The molecule has 6 nitrogen and oxygen atoms in total. The van der Waals surface area contributed by atoms with Crippen LogP contribution in [0.1, 0.15) is 55.0 Å². The van der Waals surface area contributed by atoms with Gasteiger partial charge in [-0.25, -0.2) is 4.98 Å². The van der Waals surface area contributed by atoms with E-state index < -0.39 is 0 Å². The van der Waals surface area contributed by atoms with Crippen LogP contribution >= 0.6 is 0 Å². The van der Waals surface area contributed by atoms with Gasteiger partial charge in [-0.3, -0.25) is 9.89 Å². The van der Waals surface area contributed by atoms with Crippen LogP contribution in [0, 0.1) is 6.92 Å². The van der Waals surface area contributed by atoms with Crippen molar-refractivity contribution in [1.82, 2.24) is 25.8 Å². The third kappa shape index (κ3) is 4.63. The zero-order chi connectivity index (χ0) is 13.5. The molecule has 0 bridgehead atoms. The van der Waals surface area contributed by atoms with E-state index in [9.17, 15) is 4.79 Å². The van der Waals surface area contributed by atoms with E-state index in [1.54, 1.807) is 6.92 Å². The van der Waals surface area contributed by atoms with Gasteiger partial charge in [-0.15, -0.1) is 5.10 Å². The number of rotatable bonds is 5. The van der Waals surface area contributed by atoms with Gasteiger partial charge in [0, 0.05) is 19.1 Å². The predicted octanol–water partition coefficient (Wildman–Crippen LogP) is 1.16. The summed E-state index contributed by atoms with van der Waals surface area (Å²) in [5, 5.41) is 12.8. The first-order valence-corrected chi connectivity index (χ1v) is 7.16. The first-order chi connectivity index (χ1) is 9.25. The van der Waals surface area contributed by atoms with Crippen LogP contribution in [-0.2, 0) is 0 Å². The molecule has 0 aliphatic heterocycles. The number of H-pyrrole nitrogens is 1. The molecule has 2 rings (SSSR count). The third-order valence-electron chi connectivity index (χ3n) is 3.50. The van der Waals surface area contributed by atoms with Crippen LogP contribution in [0.15, 0.2) is 0 Å². The number of carbonyl (C=O) groups excluding carboxylic acids is 1. The zero-order valence-electron chi connectivity index (χ0n) is 11.5. The van der Waals surface area contributed by atoms with Gasteiger partial charge in [0.25, 0.3) is 5.91 Å². The van der Waals surface area contributed by atoms with Crippen molar-refractivity contribution in [3.05, 3.63) is 11.6 Å². The van der Waals surface area contributed by atoms with E-state index in [2.05, 4.69) is 25.8 Å². The van der Waals surface area contributed by atoms with Gasteiger partial charge in [0.15, 0.2) is 0 Å². The highest BCUT2D eigenvalue weighted by atomic mass is 16.2. The molecule has 1 fully saturated rings. The maximum atomic E-state index is 11.7. The van der Waals surface area contributed by atoms with E-state index >= 15 is 0 Å². The second-order valence-corrected chi connectivity index (χ2v) is 5.14. The van der Waals surface area contributed by atoms with Crippen LogP contribution in [-0.4, -0.2) is 40.2 Å². The molecule has 1 aromatic rings. The fraction of sp³-hybridized carbons (Fsp3) is 0.769. The minimum Gasteiger partial charge on any atom is -0.348 e. The van der Waals surface area contributed by atoms with Crippen LogP contribution < -0.4 is 10.6 Å². The van der Waals surface area contributed by atoms with Crippen molar-refractivity contribution in [1.29, 1.82) is 0 Å². The Morgan fingerprint density at radius 2 is 2.00 bits per heavy atom. The molecule has 0 saturated heterocycles. The van der Waals surface area contributed by atoms with Crippen LogP contribution in [0.5, 0.6) is 0 Å². The van der Waals surface area contributed by atoms with Crippen molar-refractivity contribution < 1.29 is 4.79 Å². The van der Waals surface area contributed by atoms with Gasteiger partial charge < -0.3 is 10.6 Å². The molecule has 3 N–H and O–H groups in total. The summed E-state index contributed by atoms with van der Waals surface area (Å²) in [6.45, 7) is 3.19. The lowest BCUT2D eigenvalue weighted by molar-refractivity contribution is 0.0943. The Hall–Kier alpha value is -1.43. The number of hydrogen-bond donors (Lipinski definition) is 3. The second-order valence-electron chi connectivity index (χ2n) is 5.14. The van der Waals surface area contributed by atoms with Crippen LogP contribution in [0.4, 0.5) is 0 Å². The Bertz CT molecular complexity index is 395. The molecule has 0 atom stereocenters. The SMILES string of the molecule is Cc1nc(C(=O)NCCNC2CCCCCC2)n[nH]1. The summed E-state index contributed by atoms with van der Waals surface area (Å²) >= 11 is 0. The van der Waals surface area contributed by atoms with Gasteiger partial charge in [-0.2, -0.15) is 0 Å². The number of nitrogens with one attached hydrogen (secondary N) is 3. The van der Waals surface area contributed by atoms with Crippen molar-refractivity contribution in [3.63, 3.8) is 0 Å². The fourth-order valence-corrected chi connectivity index (χ4v) is 2.46. The quantitative estimate of drug-likeness (QED) is 0.551. The standard InChI is InChI=1S/C13H23N5O/c1-10-16-12(18-17-10)13(19)15-9-8-14-11-6-4-2-3-5-7-11/h11,14H,2-9H2,1H3,(H,15,19)(H,16,17,18). The zero-order valence-corrected chi connectivity index (χ0v) is 11.5. The highest BCUT2D eigenvalue weighted by Crippen LogP contribution is 2.16. The average molecular weight is 265 g/mol. The van der Waals surface area contributed by atoms with Crippen LogP contribution in [0.25, 0.3) is 0 Å². The molecule has 1 amide bonds. The maximum Gasteiger partial charge on any atom is 0.291 e. The molecule has 106 valence electrons. The van der Waals surface area contributed by atoms with Crippen LogP contribution in [0.2, 0.25) is 0 Å². The molecule has 0 unspecified atom stereocenters. The number of carbonyl (C=O) groups is 1. The normalized spacial score (nSPS) is 17.1. The Labute approximate surface area is 113 Å².